The number of amides is 1. The van der Waals surface area contributed by atoms with E-state index < -0.39 is 11.9 Å². The summed E-state index contributed by atoms with van der Waals surface area (Å²) in [5.41, 5.74) is 2.70. The fourth-order valence-corrected chi connectivity index (χ4v) is 3.01. The van der Waals surface area contributed by atoms with Crippen molar-refractivity contribution in [3.8, 4) is 5.75 Å². The van der Waals surface area contributed by atoms with Crippen molar-refractivity contribution >= 4 is 17.8 Å². The number of nitrogens with one attached hydrogen (secondary N) is 1. The Morgan fingerprint density at radius 1 is 1.03 bits per heavy atom. The Morgan fingerprint density at radius 2 is 1.79 bits per heavy atom. The van der Waals surface area contributed by atoms with E-state index in [4.69, 9.17) is 9.15 Å². The van der Waals surface area contributed by atoms with Crippen LogP contribution in [0, 0.1) is 6.92 Å². The highest BCUT2D eigenvalue weighted by atomic mass is 16.5. The Balaban J connectivity index is 1.30. The van der Waals surface area contributed by atoms with Gasteiger partial charge in [0.25, 0.3) is 5.91 Å². The summed E-state index contributed by atoms with van der Waals surface area (Å²) in [5.74, 6) is 0.439. The average Bonchev–Trinajstić information content (AvgIpc) is 3.48. The predicted octanol–water partition coefficient (Wildman–Crippen LogP) is 3.85. The molecule has 0 fully saturated rings. The second-order valence-electron chi connectivity index (χ2n) is 7.28. The Hall–Kier alpha value is -4.40. The molecule has 1 amide bonds. The lowest BCUT2D eigenvalue weighted by Gasteiger charge is -2.05. The molecule has 168 valence electrons. The first-order chi connectivity index (χ1) is 16.0. The van der Waals surface area contributed by atoms with Crippen LogP contribution in [0.3, 0.4) is 0 Å². The van der Waals surface area contributed by atoms with Crippen molar-refractivity contribution in [1.29, 1.82) is 0 Å². The molecule has 4 rings (SSSR count). The number of esters is 1. The molecule has 0 saturated carbocycles. The van der Waals surface area contributed by atoms with Crippen molar-refractivity contribution < 1.29 is 23.5 Å². The van der Waals surface area contributed by atoms with E-state index in [1.165, 1.54) is 12.7 Å². The number of anilines is 1. The lowest BCUT2D eigenvalue weighted by atomic mass is 10.1. The van der Waals surface area contributed by atoms with Gasteiger partial charge in [-0.05, 0) is 48.9 Å². The van der Waals surface area contributed by atoms with Gasteiger partial charge < -0.3 is 13.9 Å². The summed E-state index contributed by atoms with van der Waals surface area (Å²) in [7, 11) is 1.32. The van der Waals surface area contributed by atoms with Crippen LogP contribution in [0.25, 0.3) is 0 Å². The summed E-state index contributed by atoms with van der Waals surface area (Å²) >= 11 is 0. The van der Waals surface area contributed by atoms with Gasteiger partial charge in [0, 0.05) is 0 Å². The fraction of sp³-hybridized carbons (Fsp3) is 0.167. The molecule has 2 aromatic carbocycles. The lowest BCUT2D eigenvalue weighted by molar-refractivity contribution is 0.0600. The molecule has 0 spiro atoms. The maximum atomic E-state index is 12.5. The number of benzene rings is 2. The van der Waals surface area contributed by atoms with E-state index in [2.05, 4.69) is 20.1 Å². The summed E-state index contributed by atoms with van der Waals surface area (Å²) < 4.78 is 17.5. The molecular weight excluding hydrogens is 424 g/mol. The lowest BCUT2D eigenvalue weighted by Crippen LogP contribution is -2.12. The fourth-order valence-electron chi connectivity index (χ4n) is 3.01. The highest BCUT2D eigenvalue weighted by Gasteiger charge is 2.14. The summed E-state index contributed by atoms with van der Waals surface area (Å²) in [5, 5.41) is 6.90. The molecule has 0 atom stereocenters. The number of hydrogen-bond acceptors (Lipinski definition) is 7. The van der Waals surface area contributed by atoms with Crippen LogP contribution in [-0.2, 0) is 17.9 Å². The minimum atomic E-state index is -0.461. The molecule has 0 aliphatic carbocycles. The zero-order chi connectivity index (χ0) is 23.2. The quantitative estimate of drug-likeness (QED) is 0.410. The number of methoxy groups -OCH3 is 1. The molecule has 2 heterocycles. The Kier molecular flexibility index (Phi) is 6.49. The zero-order valence-electron chi connectivity index (χ0n) is 18.1. The standard InChI is InChI=1S/C24H22N4O5/c1-16-3-5-17(6-4-16)13-28-15-25-24(27-28)26-22(29)21-12-11-20(33-21)14-32-19-9-7-18(8-10-19)23(30)31-2/h3-12,15H,13-14H2,1-2H3,(H,26,27,29). The van der Waals surface area contributed by atoms with Crippen LogP contribution in [0.5, 0.6) is 5.75 Å². The third-order valence-electron chi connectivity index (χ3n) is 4.77. The predicted molar refractivity (Wildman–Crippen MR) is 119 cm³/mol. The second-order valence-corrected chi connectivity index (χ2v) is 7.28. The van der Waals surface area contributed by atoms with E-state index in [0.29, 0.717) is 23.6 Å². The van der Waals surface area contributed by atoms with E-state index in [0.717, 1.165) is 5.56 Å². The van der Waals surface area contributed by atoms with Crippen LogP contribution in [0.2, 0.25) is 0 Å². The van der Waals surface area contributed by atoms with Crippen molar-refractivity contribution in [2.75, 3.05) is 12.4 Å². The summed E-state index contributed by atoms with van der Waals surface area (Å²) in [4.78, 5) is 28.1. The second kappa shape index (κ2) is 9.82. The molecule has 9 nitrogen and oxygen atoms in total. The van der Waals surface area contributed by atoms with Gasteiger partial charge in [-0.2, -0.15) is 0 Å². The Morgan fingerprint density at radius 3 is 2.52 bits per heavy atom. The number of aromatic nitrogens is 3. The maximum Gasteiger partial charge on any atom is 0.337 e. The summed E-state index contributed by atoms with van der Waals surface area (Å²) in [6.07, 6.45) is 1.56. The van der Waals surface area contributed by atoms with E-state index in [9.17, 15) is 9.59 Å². The van der Waals surface area contributed by atoms with Crippen LogP contribution in [0.1, 0.15) is 37.8 Å². The number of aryl methyl sites for hydroxylation is 1. The van der Waals surface area contributed by atoms with Gasteiger partial charge in [0.15, 0.2) is 5.76 Å². The largest absolute Gasteiger partial charge is 0.486 e. The molecule has 33 heavy (non-hydrogen) atoms. The number of furan rings is 1. The van der Waals surface area contributed by atoms with E-state index >= 15 is 0 Å². The van der Waals surface area contributed by atoms with E-state index in [1.807, 2.05) is 31.2 Å². The minimum Gasteiger partial charge on any atom is -0.486 e. The van der Waals surface area contributed by atoms with Gasteiger partial charge in [0.1, 0.15) is 24.4 Å². The third kappa shape index (κ3) is 5.65. The minimum absolute atomic E-state index is 0.115. The van der Waals surface area contributed by atoms with Gasteiger partial charge in [0.05, 0.1) is 19.2 Å². The molecule has 1 N–H and O–H groups in total. The number of ether oxygens (including phenoxy) is 2. The third-order valence-corrected chi connectivity index (χ3v) is 4.77. The normalized spacial score (nSPS) is 10.6. The van der Waals surface area contributed by atoms with Crippen LogP contribution in [-0.4, -0.2) is 33.8 Å². The molecular formula is C24H22N4O5. The number of rotatable bonds is 8. The first-order valence-corrected chi connectivity index (χ1v) is 10.2. The van der Waals surface area contributed by atoms with Crippen molar-refractivity contribution in [3.63, 3.8) is 0 Å². The number of carbonyl (C=O) groups is 2. The zero-order valence-corrected chi connectivity index (χ0v) is 18.1. The van der Waals surface area contributed by atoms with Crippen LogP contribution in [0.4, 0.5) is 5.95 Å². The monoisotopic (exact) mass is 446 g/mol. The first-order valence-electron chi connectivity index (χ1n) is 10.2. The molecule has 0 aliphatic rings. The number of nitrogens with zero attached hydrogens (tertiary/aromatic N) is 3. The molecule has 0 radical (unpaired) electrons. The van der Waals surface area contributed by atoms with Crippen LogP contribution in [0.15, 0.2) is 71.4 Å². The topological polar surface area (TPSA) is 108 Å². The first kappa shape index (κ1) is 21.8. The molecule has 0 bridgehead atoms. The Bertz CT molecular complexity index is 1240. The van der Waals surface area contributed by atoms with Gasteiger partial charge in [-0.1, -0.05) is 29.8 Å². The van der Waals surface area contributed by atoms with Crippen molar-refractivity contribution in [2.45, 2.75) is 20.1 Å². The van der Waals surface area contributed by atoms with Gasteiger partial charge in [-0.15, -0.1) is 5.10 Å². The van der Waals surface area contributed by atoms with Crippen LogP contribution < -0.4 is 10.1 Å². The van der Waals surface area contributed by atoms with Gasteiger partial charge in [0.2, 0.25) is 5.95 Å². The summed E-state index contributed by atoms with van der Waals surface area (Å²) in [6.45, 7) is 2.70. The summed E-state index contributed by atoms with van der Waals surface area (Å²) in [6, 6.07) is 17.8. The molecule has 0 saturated heterocycles. The number of hydrogen-bond donors (Lipinski definition) is 1. The van der Waals surface area contributed by atoms with Gasteiger partial charge in [-0.25, -0.2) is 14.5 Å². The molecule has 0 unspecified atom stereocenters. The van der Waals surface area contributed by atoms with Gasteiger partial charge in [-0.3, -0.25) is 10.1 Å². The smallest absolute Gasteiger partial charge is 0.337 e. The van der Waals surface area contributed by atoms with E-state index in [-0.39, 0.29) is 18.3 Å². The number of carbonyl (C=O) groups excluding carboxylic acids is 2. The van der Waals surface area contributed by atoms with Gasteiger partial charge >= 0.3 is 5.97 Å². The SMILES string of the molecule is COC(=O)c1ccc(OCc2ccc(C(=O)Nc3ncn(Cc4ccc(C)cc4)n3)o2)cc1. The molecule has 9 heteroatoms. The van der Waals surface area contributed by atoms with Crippen molar-refractivity contribution in [1.82, 2.24) is 14.8 Å². The average molecular weight is 446 g/mol. The highest BCUT2D eigenvalue weighted by molar-refractivity contribution is 6.01. The van der Waals surface area contributed by atoms with Crippen molar-refractivity contribution in [2.24, 2.45) is 0 Å². The molecule has 2 aromatic heterocycles. The van der Waals surface area contributed by atoms with Crippen molar-refractivity contribution in [3.05, 3.63) is 95.2 Å². The maximum absolute atomic E-state index is 12.5. The Labute approximate surface area is 190 Å². The van der Waals surface area contributed by atoms with E-state index in [1.54, 1.807) is 47.4 Å². The highest BCUT2D eigenvalue weighted by Crippen LogP contribution is 2.17. The molecule has 0 aliphatic heterocycles. The molecule has 4 aromatic rings. The van der Waals surface area contributed by atoms with Crippen LogP contribution >= 0.6 is 0 Å².